The number of carbonyl (C=O) groups excluding carboxylic acids is 1. The number of H-pyrrole nitrogens is 1. The molecule has 2 N–H and O–H groups in total. The van der Waals surface area contributed by atoms with Crippen molar-refractivity contribution in [3.63, 3.8) is 0 Å². The van der Waals surface area contributed by atoms with Crippen LogP contribution < -0.4 is 14.8 Å². The van der Waals surface area contributed by atoms with Gasteiger partial charge in [0.2, 0.25) is 0 Å². The van der Waals surface area contributed by atoms with Gasteiger partial charge < -0.3 is 19.8 Å². The molecule has 0 bridgehead atoms. The van der Waals surface area contributed by atoms with Crippen LogP contribution in [0.4, 0.5) is 14.5 Å². The Kier molecular flexibility index (Phi) is 4.22. The highest BCUT2D eigenvalue weighted by Gasteiger charge is 2.26. The highest BCUT2D eigenvalue weighted by Crippen LogP contribution is 2.41. The van der Waals surface area contributed by atoms with Gasteiger partial charge in [-0.2, -0.15) is 0 Å². The normalized spacial score (nSPS) is 15.5. The summed E-state index contributed by atoms with van der Waals surface area (Å²) >= 11 is 0. The van der Waals surface area contributed by atoms with Crippen LogP contribution in [-0.2, 0) is 6.42 Å². The summed E-state index contributed by atoms with van der Waals surface area (Å²) in [5.74, 6) is -0.731. The first kappa shape index (κ1) is 17.3. The molecule has 0 aliphatic carbocycles. The summed E-state index contributed by atoms with van der Waals surface area (Å²) in [6.45, 7) is 4.34. The second-order valence-electron chi connectivity index (χ2n) is 6.48. The smallest absolute Gasteiger partial charge is 0.272 e. The van der Waals surface area contributed by atoms with E-state index < -0.39 is 17.5 Å². The molecule has 3 aromatic rings. The number of halogens is 2. The zero-order chi connectivity index (χ0) is 19.1. The molecule has 0 saturated heterocycles. The number of carbonyl (C=O) groups is 1. The number of amides is 1. The molecule has 1 aromatic heterocycles. The number of hydrogen-bond donors (Lipinski definition) is 2. The number of hydrogen-bond acceptors (Lipinski definition) is 3. The Morgan fingerprint density at radius 2 is 2.15 bits per heavy atom. The van der Waals surface area contributed by atoms with Gasteiger partial charge in [-0.1, -0.05) is 0 Å². The number of rotatable bonds is 4. The summed E-state index contributed by atoms with van der Waals surface area (Å²) in [6.07, 6.45) is 0.793. The van der Waals surface area contributed by atoms with Crippen molar-refractivity contribution in [3.8, 4) is 11.5 Å². The molecule has 7 heteroatoms. The van der Waals surface area contributed by atoms with Gasteiger partial charge in [0.25, 0.3) is 5.91 Å². The fourth-order valence-electron chi connectivity index (χ4n) is 3.31. The first-order valence-corrected chi connectivity index (χ1v) is 8.70. The predicted molar refractivity (Wildman–Crippen MR) is 97.6 cm³/mol. The molecule has 1 aliphatic heterocycles. The maximum absolute atomic E-state index is 13.8. The van der Waals surface area contributed by atoms with E-state index in [2.05, 4.69) is 10.3 Å². The predicted octanol–water partition coefficient (Wildman–Crippen LogP) is 4.42. The summed E-state index contributed by atoms with van der Waals surface area (Å²) in [6, 6.07) is 6.55. The van der Waals surface area contributed by atoms with E-state index in [1.807, 2.05) is 19.9 Å². The molecule has 0 spiro atoms. The molecule has 1 amide bonds. The summed E-state index contributed by atoms with van der Waals surface area (Å²) in [5.41, 5.74) is 1.81. The lowest BCUT2D eigenvalue weighted by Gasteiger charge is -2.08. The van der Waals surface area contributed by atoms with Crippen molar-refractivity contribution in [2.75, 3.05) is 11.9 Å². The summed E-state index contributed by atoms with van der Waals surface area (Å²) < 4.78 is 38.4. The van der Waals surface area contributed by atoms with E-state index in [0.29, 0.717) is 23.6 Å². The third-order valence-corrected chi connectivity index (χ3v) is 4.46. The Morgan fingerprint density at radius 1 is 1.33 bits per heavy atom. The molecule has 2 aromatic carbocycles. The van der Waals surface area contributed by atoms with Crippen molar-refractivity contribution >= 4 is 22.5 Å². The fourth-order valence-corrected chi connectivity index (χ4v) is 3.31. The van der Waals surface area contributed by atoms with Gasteiger partial charge in [-0.15, -0.1) is 0 Å². The zero-order valence-electron chi connectivity index (χ0n) is 14.9. The Bertz CT molecular complexity index is 1050. The topological polar surface area (TPSA) is 63.4 Å². The standard InChI is InChI=1S/C20H18F2N2O3/c1-3-26-17-7-11-6-10(2)27-19(11)18-13(17)9-16(23-18)20(25)24-15-5-4-12(21)8-14(15)22/h4-5,7-10,23H,3,6H2,1-2H3,(H,24,25)/t10-/m1/s1. The Balaban J connectivity index is 1.73. The quantitative estimate of drug-likeness (QED) is 0.713. The lowest BCUT2D eigenvalue weighted by molar-refractivity contribution is 0.102. The number of nitrogens with one attached hydrogen (secondary N) is 2. The molecule has 27 heavy (non-hydrogen) atoms. The largest absolute Gasteiger partial charge is 0.493 e. The Hall–Kier alpha value is -3.09. The minimum atomic E-state index is -0.840. The molecule has 2 heterocycles. The van der Waals surface area contributed by atoms with Gasteiger partial charge >= 0.3 is 0 Å². The Labute approximate surface area is 154 Å². The number of anilines is 1. The van der Waals surface area contributed by atoms with Crippen LogP contribution >= 0.6 is 0 Å². The monoisotopic (exact) mass is 372 g/mol. The van der Waals surface area contributed by atoms with Crippen LogP contribution in [0.2, 0.25) is 0 Å². The number of fused-ring (bicyclic) bond motifs is 3. The van der Waals surface area contributed by atoms with Crippen molar-refractivity contribution in [1.82, 2.24) is 4.98 Å². The second-order valence-corrected chi connectivity index (χ2v) is 6.48. The van der Waals surface area contributed by atoms with Crippen LogP contribution in [0, 0.1) is 11.6 Å². The van der Waals surface area contributed by atoms with Crippen LogP contribution in [-0.4, -0.2) is 23.6 Å². The molecule has 0 fully saturated rings. The number of ether oxygens (including phenoxy) is 2. The van der Waals surface area contributed by atoms with Crippen LogP contribution in [0.15, 0.2) is 30.3 Å². The summed E-state index contributed by atoms with van der Waals surface area (Å²) in [5, 5.41) is 3.17. The van der Waals surface area contributed by atoms with Gasteiger partial charge in [-0.25, -0.2) is 8.78 Å². The fraction of sp³-hybridized carbons (Fsp3) is 0.250. The van der Waals surface area contributed by atoms with Crippen molar-refractivity contribution in [3.05, 3.63) is 53.2 Å². The molecule has 4 rings (SSSR count). The van der Waals surface area contributed by atoms with Gasteiger partial charge in [-0.05, 0) is 38.1 Å². The van der Waals surface area contributed by atoms with E-state index in [1.54, 1.807) is 6.07 Å². The minimum absolute atomic E-state index is 0.0361. The van der Waals surface area contributed by atoms with Crippen molar-refractivity contribution in [2.24, 2.45) is 0 Å². The van der Waals surface area contributed by atoms with E-state index in [0.717, 1.165) is 29.5 Å². The maximum Gasteiger partial charge on any atom is 0.272 e. The average molecular weight is 372 g/mol. The van der Waals surface area contributed by atoms with E-state index in [4.69, 9.17) is 9.47 Å². The van der Waals surface area contributed by atoms with Crippen molar-refractivity contribution in [2.45, 2.75) is 26.4 Å². The van der Waals surface area contributed by atoms with Gasteiger partial charge in [0.05, 0.1) is 17.8 Å². The number of aromatic nitrogens is 1. The molecule has 1 aliphatic rings. The van der Waals surface area contributed by atoms with Crippen LogP contribution in [0.3, 0.4) is 0 Å². The second kappa shape index (κ2) is 6.57. The molecule has 140 valence electrons. The van der Waals surface area contributed by atoms with Gasteiger partial charge in [0.1, 0.15) is 34.9 Å². The lowest BCUT2D eigenvalue weighted by atomic mass is 10.1. The van der Waals surface area contributed by atoms with Crippen molar-refractivity contribution < 1.29 is 23.0 Å². The lowest BCUT2D eigenvalue weighted by Crippen LogP contribution is -2.13. The van der Waals surface area contributed by atoms with E-state index in [9.17, 15) is 13.6 Å². The minimum Gasteiger partial charge on any atom is -0.493 e. The molecule has 1 atom stereocenters. The van der Waals surface area contributed by atoms with Gasteiger partial charge in [0.15, 0.2) is 0 Å². The molecule has 5 nitrogen and oxygen atoms in total. The van der Waals surface area contributed by atoms with E-state index in [1.165, 1.54) is 6.07 Å². The molecular weight excluding hydrogens is 354 g/mol. The molecule has 0 saturated carbocycles. The van der Waals surface area contributed by atoms with E-state index in [-0.39, 0.29) is 17.5 Å². The SMILES string of the molecule is CCOc1cc2c(c3[nH]c(C(=O)Nc4ccc(F)cc4F)cc13)O[C@H](C)C2. The van der Waals surface area contributed by atoms with Crippen molar-refractivity contribution in [1.29, 1.82) is 0 Å². The number of benzene rings is 2. The summed E-state index contributed by atoms with van der Waals surface area (Å²) in [4.78, 5) is 15.6. The van der Waals surface area contributed by atoms with Crippen LogP contribution in [0.1, 0.15) is 29.9 Å². The van der Waals surface area contributed by atoms with E-state index >= 15 is 0 Å². The number of aromatic amines is 1. The highest BCUT2D eigenvalue weighted by molar-refractivity contribution is 6.07. The Morgan fingerprint density at radius 3 is 2.89 bits per heavy atom. The first-order chi connectivity index (χ1) is 13.0. The highest BCUT2D eigenvalue weighted by atomic mass is 19.1. The van der Waals surface area contributed by atoms with Crippen LogP contribution in [0.5, 0.6) is 11.5 Å². The molecular formula is C20H18F2N2O3. The average Bonchev–Trinajstić information content (AvgIpc) is 3.21. The first-order valence-electron chi connectivity index (χ1n) is 8.70. The third kappa shape index (κ3) is 3.09. The summed E-state index contributed by atoms with van der Waals surface area (Å²) in [7, 11) is 0. The molecule has 0 radical (unpaired) electrons. The van der Waals surface area contributed by atoms with Gasteiger partial charge in [-0.3, -0.25) is 4.79 Å². The third-order valence-electron chi connectivity index (χ3n) is 4.46. The molecule has 0 unspecified atom stereocenters. The maximum atomic E-state index is 13.8. The zero-order valence-corrected chi connectivity index (χ0v) is 14.9. The van der Waals surface area contributed by atoms with Crippen LogP contribution in [0.25, 0.3) is 10.9 Å². The van der Waals surface area contributed by atoms with Gasteiger partial charge in [0, 0.05) is 23.4 Å².